The number of carbonyl (C=O) groups excluding carboxylic acids is 1. The second-order valence-electron chi connectivity index (χ2n) is 5.43. The molecule has 0 aliphatic heterocycles. The van der Waals surface area contributed by atoms with Crippen LogP contribution in [-0.2, 0) is 9.53 Å². The highest BCUT2D eigenvalue weighted by atomic mass is 16.5. The molecule has 22 heavy (non-hydrogen) atoms. The summed E-state index contributed by atoms with van der Waals surface area (Å²) in [5, 5.41) is 9.17. The molecule has 1 aromatic carbocycles. The van der Waals surface area contributed by atoms with Crippen molar-refractivity contribution in [2.75, 3.05) is 6.61 Å². The fourth-order valence-electron chi connectivity index (χ4n) is 1.75. The van der Waals surface area contributed by atoms with Gasteiger partial charge in [0.15, 0.2) is 0 Å². The molecule has 0 atom stereocenters. The molecule has 3 nitrogen and oxygen atoms in total. The lowest BCUT2D eigenvalue weighted by Gasteiger charge is -2.01. The van der Waals surface area contributed by atoms with E-state index in [1.807, 2.05) is 13.0 Å². The van der Waals surface area contributed by atoms with E-state index >= 15 is 0 Å². The molecule has 0 saturated carbocycles. The first-order chi connectivity index (χ1) is 10.5. The van der Waals surface area contributed by atoms with Gasteiger partial charge in [0.25, 0.3) is 0 Å². The number of hydrogen-bond donors (Lipinski definition) is 1. The van der Waals surface area contributed by atoms with E-state index in [4.69, 9.17) is 9.84 Å². The summed E-state index contributed by atoms with van der Waals surface area (Å²) in [7, 11) is 0. The molecule has 0 fully saturated rings. The van der Waals surface area contributed by atoms with E-state index < -0.39 is 0 Å². The number of phenols is 1. The number of carbonyl (C=O) groups is 1. The summed E-state index contributed by atoms with van der Waals surface area (Å²) in [5.41, 5.74) is 3.37. The molecule has 0 aliphatic carbocycles. The average molecular weight is 300 g/mol. The second kappa shape index (κ2) is 9.61. The van der Waals surface area contributed by atoms with Gasteiger partial charge in [0.1, 0.15) is 12.4 Å². The number of esters is 1. The van der Waals surface area contributed by atoms with E-state index in [1.165, 1.54) is 17.2 Å². The third-order valence-electron chi connectivity index (χ3n) is 3.05. The molecule has 1 N–H and O–H groups in total. The van der Waals surface area contributed by atoms with E-state index in [1.54, 1.807) is 30.3 Å². The van der Waals surface area contributed by atoms with Crippen molar-refractivity contribution in [3.05, 3.63) is 59.2 Å². The van der Waals surface area contributed by atoms with Gasteiger partial charge in [-0.25, -0.2) is 4.79 Å². The molecule has 0 amide bonds. The van der Waals surface area contributed by atoms with Crippen LogP contribution in [0.3, 0.4) is 0 Å². The van der Waals surface area contributed by atoms with Crippen LogP contribution >= 0.6 is 0 Å². The first kappa shape index (κ1) is 17.8. The van der Waals surface area contributed by atoms with Crippen LogP contribution in [0.25, 0.3) is 6.08 Å². The van der Waals surface area contributed by atoms with Crippen LogP contribution in [0.2, 0.25) is 0 Å². The number of benzene rings is 1. The highest BCUT2D eigenvalue weighted by Crippen LogP contribution is 2.11. The van der Waals surface area contributed by atoms with Crippen LogP contribution in [0.15, 0.2) is 53.6 Å². The molecule has 1 aromatic rings. The monoisotopic (exact) mass is 300 g/mol. The third kappa shape index (κ3) is 8.10. The minimum Gasteiger partial charge on any atom is -0.508 e. The normalized spacial score (nSPS) is 11.5. The van der Waals surface area contributed by atoms with Gasteiger partial charge in [-0.2, -0.15) is 0 Å². The molecule has 3 heteroatoms. The Bertz CT molecular complexity index is 559. The van der Waals surface area contributed by atoms with Crippen molar-refractivity contribution in [2.24, 2.45) is 0 Å². The fourth-order valence-corrected chi connectivity index (χ4v) is 1.75. The maximum Gasteiger partial charge on any atom is 0.331 e. The molecule has 0 aromatic heterocycles. The summed E-state index contributed by atoms with van der Waals surface area (Å²) in [4.78, 5) is 11.6. The Balaban J connectivity index is 2.33. The Kier molecular flexibility index (Phi) is 7.76. The van der Waals surface area contributed by atoms with E-state index in [0.717, 1.165) is 18.4 Å². The van der Waals surface area contributed by atoms with E-state index in [2.05, 4.69) is 19.9 Å². The zero-order valence-electron chi connectivity index (χ0n) is 13.5. The van der Waals surface area contributed by atoms with Crippen LogP contribution in [-0.4, -0.2) is 17.7 Å². The molecule has 1 rings (SSSR count). The Labute approximate surface area is 132 Å². The summed E-state index contributed by atoms with van der Waals surface area (Å²) >= 11 is 0. The van der Waals surface area contributed by atoms with Crippen molar-refractivity contribution in [3.8, 4) is 5.75 Å². The van der Waals surface area contributed by atoms with Gasteiger partial charge in [-0.1, -0.05) is 29.4 Å². The van der Waals surface area contributed by atoms with Crippen molar-refractivity contribution < 1.29 is 14.6 Å². The van der Waals surface area contributed by atoms with Gasteiger partial charge >= 0.3 is 5.97 Å². The molecule has 0 aliphatic rings. The summed E-state index contributed by atoms with van der Waals surface area (Å²) in [6, 6.07) is 6.60. The molecule has 0 spiro atoms. The van der Waals surface area contributed by atoms with Crippen molar-refractivity contribution >= 4 is 12.0 Å². The first-order valence-electron chi connectivity index (χ1n) is 7.40. The highest BCUT2D eigenvalue weighted by Gasteiger charge is 1.96. The van der Waals surface area contributed by atoms with Crippen LogP contribution in [0.1, 0.15) is 39.2 Å². The Morgan fingerprint density at radius 1 is 1.14 bits per heavy atom. The highest BCUT2D eigenvalue weighted by molar-refractivity contribution is 5.87. The van der Waals surface area contributed by atoms with Crippen molar-refractivity contribution in [1.29, 1.82) is 0 Å². The smallest absolute Gasteiger partial charge is 0.331 e. The largest absolute Gasteiger partial charge is 0.508 e. The van der Waals surface area contributed by atoms with E-state index in [0.29, 0.717) is 6.61 Å². The van der Waals surface area contributed by atoms with Gasteiger partial charge in [0.2, 0.25) is 0 Å². The molecule has 0 saturated heterocycles. The second-order valence-corrected chi connectivity index (χ2v) is 5.43. The van der Waals surface area contributed by atoms with Gasteiger partial charge in [-0.3, -0.25) is 0 Å². The van der Waals surface area contributed by atoms with Crippen molar-refractivity contribution in [3.63, 3.8) is 0 Å². The molecule has 0 bridgehead atoms. The van der Waals surface area contributed by atoms with Gasteiger partial charge in [-0.05, 0) is 63.5 Å². The lowest BCUT2D eigenvalue weighted by molar-refractivity contribution is -0.136. The third-order valence-corrected chi connectivity index (χ3v) is 3.05. The van der Waals surface area contributed by atoms with Crippen LogP contribution < -0.4 is 0 Å². The number of allylic oxidation sites excluding steroid dienone is 3. The lowest BCUT2D eigenvalue weighted by Crippen LogP contribution is -2.00. The van der Waals surface area contributed by atoms with Crippen LogP contribution in [0, 0.1) is 0 Å². The predicted octanol–water partition coefficient (Wildman–Crippen LogP) is 4.64. The molecule has 0 heterocycles. The standard InChI is InChI=1S/C19H24O3/c1-15(2)5-4-6-16(3)13-14-22-19(21)12-9-17-7-10-18(20)11-8-17/h5,7-13,20H,4,6,14H2,1-3H3. The Hall–Kier alpha value is -2.29. The van der Waals surface area contributed by atoms with Gasteiger partial charge in [-0.15, -0.1) is 0 Å². The van der Waals surface area contributed by atoms with Crippen LogP contribution in [0.5, 0.6) is 5.75 Å². The minimum atomic E-state index is -0.374. The zero-order chi connectivity index (χ0) is 16.4. The predicted molar refractivity (Wildman–Crippen MR) is 90.5 cm³/mol. The Morgan fingerprint density at radius 2 is 1.82 bits per heavy atom. The lowest BCUT2D eigenvalue weighted by atomic mass is 10.1. The summed E-state index contributed by atoms with van der Waals surface area (Å²) in [6.07, 6.45) is 9.17. The summed E-state index contributed by atoms with van der Waals surface area (Å²) in [5.74, 6) is -0.171. The van der Waals surface area contributed by atoms with Gasteiger partial charge in [0, 0.05) is 6.08 Å². The number of rotatable bonds is 7. The number of phenolic OH excluding ortho intramolecular Hbond substituents is 1. The average Bonchev–Trinajstić information content (AvgIpc) is 2.46. The SMILES string of the molecule is CC(C)=CCCC(C)=CCOC(=O)C=Cc1ccc(O)cc1. The molecular weight excluding hydrogens is 276 g/mol. The van der Waals surface area contributed by atoms with E-state index in [9.17, 15) is 4.79 Å². The topological polar surface area (TPSA) is 46.5 Å². The number of hydrogen-bond acceptors (Lipinski definition) is 3. The quantitative estimate of drug-likeness (QED) is 0.453. The summed E-state index contributed by atoms with van der Waals surface area (Å²) < 4.78 is 5.12. The van der Waals surface area contributed by atoms with Gasteiger partial charge < -0.3 is 9.84 Å². The number of aromatic hydroxyl groups is 1. The van der Waals surface area contributed by atoms with E-state index in [-0.39, 0.29) is 11.7 Å². The number of ether oxygens (including phenoxy) is 1. The van der Waals surface area contributed by atoms with Crippen molar-refractivity contribution in [2.45, 2.75) is 33.6 Å². The maximum absolute atomic E-state index is 11.6. The molecule has 0 radical (unpaired) electrons. The molecular formula is C19H24O3. The van der Waals surface area contributed by atoms with Crippen LogP contribution in [0.4, 0.5) is 0 Å². The fraction of sp³-hybridized carbons (Fsp3) is 0.316. The minimum absolute atomic E-state index is 0.202. The Morgan fingerprint density at radius 3 is 2.45 bits per heavy atom. The van der Waals surface area contributed by atoms with Gasteiger partial charge in [0.05, 0.1) is 0 Å². The molecule has 118 valence electrons. The maximum atomic E-state index is 11.6. The molecule has 0 unspecified atom stereocenters. The van der Waals surface area contributed by atoms with Crippen molar-refractivity contribution in [1.82, 2.24) is 0 Å². The summed E-state index contributed by atoms with van der Waals surface area (Å²) in [6.45, 7) is 6.50. The first-order valence-corrected chi connectivity index (χ1v) is 7.40. The zero-order valence-corrected chi connectivity index (χ0v) is 13.5.